The van der Waals surface area contributed by atoms with E-state index in [9.17, 15) is 0 Å². The van der Waals surface area contributed by atoms with Crippen LogP contribution >= 0.6 is 0 Å². The molecule has 0 amide bonds. The lowest BCUT2D eigenvalue weighted by atomic mass is 10.1. The fourth-order valence-corrected chi connectivity index (χ4v) is 2.07. The summed E-state index contributed by atoms with van der Waals surface area (Å²) in [4.78, 5) is 0. The third-order valence-corrected chi connectivity index (χ3v) is 3.11. The lowest BCUT2D eigenvalue weighted by molar-refractivity contribution is -0.0523. The average Bonchev–Trinajstić information content (AvgIpc) is 2.45. The van der Waals surface area contributed by atoms with Gasteiger partial charge in [0.05, 0.1) is 32.5 Å². The molecule has 100 valence electrons. The molecule has 1 aromatic rings. The van der Waals surface area contributed by atoms with Gasteiger partial charge in [0.25, 0.3) is 0 Å². The van der Waals surface area contributed by atoms with E-state index in [1.807, 2.05) is 31.2 Å². The van der Waals surface area contributed by atoms with Crippen LogP contribution in [0.3, 0.4) is 0 Å². The number of nitrogens with one attached hydrogen (secondary N) is 1. The highest BCUT2D eigenvalue weighted by atomic mass is 16.5. The van der Waals surface area contributed by atoms with Crippen molar-refractivity contribution >= 4 is 0 Å². The monoisotopic (exact) mass is 251 g/mol. The Hall–Kier alpha value is -1.10. The molecular formula is C14H21NO3. The first-order chi connectivity index (χ1) is 8.81. The molecule has 0 bridgehead atoms. The van der Waals surface area contributed by atoms with Gasteiger partial charge in [-0.05, 0) is 13.0 Å². The molecule has 1 heterocycles. The van der Waals surface area contributed by atoms with Crippen LogP contribution in [0.1, 0.15) is 18.6 Å². The van der Waals surface area contributed by atoms with Crippen LogP contribution in [0.25, 0.3) is 0 Å². The maximum Gasteiger partial charge on any atom is 0.124 e. The Kier molecular flexibility index (Phi) is 4.99. The first-order valence-corrected chi connectivity index (χ1v) is 6.38. The summed E-state index contributed by atoms with van der Waals surface area (Å²) in [7, 11) is 1.68. The lowest BCUT2D eigenvalue weighted by Crippen LogP contribution is -2.41. The van der Waals surface area contributed by atoms with E-state index in [2.05, 4.69) is 5.32 Å². The van der Waals surface area contributed by atoms with Crippen LogP contribution in [-0.2, 0) is 9.47 Å². The minimum atomic E-state index is 0.00618. The van der Waals surface area contributed by atoms with E-state index in [-0.39, 0.29) is 12.2 Å². The van der Waals surface area contributed by atoms with Crippen molar-refractivity contribution in [2.45, 2.75) is 19.1 Å². The van der Waals surface area contributed by atoms with Crippen LogP contribution in [0.4, 0.5) is 0 Å². The first kappa shape index (κ1) is 13.3. The van der Waals surface area contributed by atoms with Crippen LogP contribution in [0.2, 0.25) is 0 Å². The van der Waals surface area contributed by atoms with Crippen molar-refractivity contribution in [1.82, 2.24) is 5.32 Å². The second-order valence-corrected chi connectivity index (χ2v) is 4.41. The van der Waals surface area contributed by atoms with Gasteiger partial charge in [-0.3, -0.25) is 0 Å². The van der Waals surface area contributed by atoms with Crippen LogP contribution in [0.5, 0.6) is 5.75 Å². The molecule has 1 saturated heterocycles. The number of morpholine rings is 1. The summed E-state index contributed by atoms with van der Waals surface area (Å²) in [5, 5.41) is 3.29. The highest BCUT2D eigenvalue weighted by Crippen LogP contribution is 2.27. The van der Waals surface area contributed by atoms with Gasteiger partial charge < -0.3 is 19.5 Å². The van der Waals surface area contributed by atoms with Crippen LogP contribution in [0, 0.1) is 0 Å². The summed E-state index contributed by atoms with van der Waals surface area (Å²) in [5.41, 5.74) is 1.07. The second kappa shape index (κ2) is 6.73. The van der Waals surface area contributed by atoms with Gasteiger partial charge in [0.15, 0.2) is 0 Å². The maximum absolute atomic E-state index is 5.86. The van der Waals surface area contributed by atoms with Crippen molar-refractivity contribution in [1.29, 1.82) is 0 Å². The summed E-state index contributed by atoms with van der Waals surface area (Å²) in [6.07, 6.45) is 0.155. The SMILES string of the molecule is COc1ccccc1C(C)OCC1CNCCO1. The van der Waals surface area contributed by atoms with Gasteiger partial charge in [-0.2, -0.15) is 0 Å². The Morgan fingerprint density at radius 2 is 2.28 bits per heavy atom. The zero-order chi connectivity index (χ0) is 12.8. The van der Waals surface area contributed by atoms with Crippen molar-refractivity contribution in [2.75, 3.05) is 33.4 Å². The molecule has 18 heavy (non-hydrogen) atoms. The molecule has 0 spiro atoms. The lowest BCUT2D eigenvalue weighted by Gasteiger charge is -2.25. The molecule has 1 aromatic carbocycles. The van der Waals surface area contributed by atoms with Gasteiger partial charge in [-0.25, -0.2) is 0 Å². The van der Waals surface area contributed by atoms with E-state index >= 15 is 0 Å². The summed E-state index contributed by atoms with van der Waals surface area (Å²) < 4.78 is 16.8. The van der Waals surface area contributed by atoms with Crippen molar-refractivity contribution < 1.29 is 14.2 Å². The quantitative estimate of drug-likeness (QED) is 0.865. The molecule has 0 saturated carbocycles. The van der Waals surface area contributed by atoms with E-state index in [1.54, 1.807) is 7.11 Å². The summed E-state index contributed by atoms with van der Waals surface area (Å²) in [6, 6.07) is 7.94. The third-order valence-electron chi connectivity index (χ3n) is 3.11. The average molecular weight is 251 g/mol. The Morgan fingerprint density at radius 3 is 3.00 bits per heavy atom. The molecular weight excluding hydrogens is 230 g/mol. The summed E-state index contributed by atoms with van der Waals surface area (Å²) in [6.45, 7) is 5.19. The first-order valence-electron chi connectivity index (χ1n) is 6.38. The minimum absolute atomic E-state index is 0.00618. The molecule has 1 aliphatic rings. The number of hydrogen-bond acceptors (Lipinski definition) is 4. The zero-order valence-electron chi connectivity index (χ0n) is 11.0. The fourth-order valence-electron chi connectivity index (χ4n) is 2.07. The Balaban J connectivity index is 1.88. The van der Waals surface area contributed by atoms with Gasteiger partial charge in [0.1, 0.15) is 5.75 Å². The molecule has 0 aliphatic carbocycles. The smallest absolute Gasteiger partial charge is 0.124 e. The molecule has 1 aliphatic heterocycles. The highest BCUT2D eigenvalue weighted by Gasteiger charge is 2.17. The van der Waals surface area contributed by atoms with Crippen molar-refractivity contribution in [3.8, 4) is 5.75 Å². The number of hydrogen-bond donors (Lipinski definition) is 1. The number of benzene rings is 1. The zero-order valence-corrected chi connectivity index (χ0v) is 11.0. The minimum Gasteiger partial charge on any atom is -0.496 e. The van der Waals surface area contributed by atoms with Crippen LogP contribution < -0.4 is 10.1 Å². The fraction of sp³-hybridized carbons (Fsp3) is 0.571. The molecule has 1 fully saturated rings. The standard InChI is InChI=1S/C14H21NO3/c1-11(13-5-3-4-6-14(13)16-2)18-10-12-9-15-7-8-17-12/h3-6,11-12,15H,7-10H2,1-2H3. The van der Waals surface area contributed by atoms with Crippen molar-refractivity contribution in [2.24, 2.45) is 0 Å². The van der Waals surface area contributed by atoms with E-state index in [1.165, 1.54) is 0 Å². The molecule has 2 rings (SSSR count). The number of ether oxygens (including phenoxy) is 3. The largest absolute Gasteiger partial charge is 0.496 e. The molecule has 1 N–H and O–H groups in total. The Morgan fingerprint density at radius 1 is 1.44 bits per heavy atom. The van der Waals surface area contributed by atoms with Crippen LogP contribution in [-0.4, -0.2) is 39.5 Å². The van der Waals surface area contributed by atoms with Crippen molar-refractivity contribution in [3.05, 3.63) is 29.8 Å². The topological polar surface area (TPSA) is 39.7 Å². The van der Waals surface area contributed by atoms with Gasteiger partial charge in [0, 0.05) is 18.7 Å². The Bertz CT molecular complexity index is 364. The number of methoxy groups -OCH3 is 1. The normalized spacial score (nSPS) is 21.6. The predicted molar refractivity (Wildman–Crippen MR) is 70.0 cm³/mol. The second-order valence-electron chi connectivity index (χ2n) is 4.41. The molecule has 4 nitrogen and oxygen atoms in total. The molecule has 0 radical (unpaired) electrons. The third kappa shape index (κ3) is 3.45. The number of para-hydroxylation sites is 1. The van der Waals surface area contributed by atoms with E-state index in [4.69, 9.17) is 14.2 Å². The van der Waals surface area contributed by atoms with Gasteiger partial charge in [-0.1, -0.05) is 18.2 Å². The van der Waals surface area contributed by atoms with Gasteiger partial charge in [0.2, 0.25) is 0 Å². The summed E-state index contributed by atoms with van der Waals surface area (Å²) >= 11 is 0. The Labute approximate surface area is 108 Å². The maximum atomic E-state index is 5.86. The van der Waals surface area contributed by atoms with E-state index in [0.717, 1.165) is 31.0 Å². The molecule has 0 aromatic heterocycles. The van der Waals surface area contributed by atoms with Gasteiger partial charge in [-0.15, -0.1) is 0 Å². The van der Waals surface area contributed by atoms with E-state index in [0.29, 0.717) is 6.61 Å². The predicted octanol–water partition coefficient (Wildman–Crippen LogP) is 1.76. The molecule has 4 heteroatoms. The van der Waals surface area contributed by atoms with E-state index < -0.39 is 0 Å². The molecule has 2 unspecified atom stereocenters. The number of rotatable bonds is 5. The van der Waals surface area contributed by atoms with Crippen molar-refractivity contribution in [3.63, 3.8) is 0 Å². The summed E-state index contributed by atoms with van der Waals surface area (Å²) in [5.74, 6) is 0.868. The van der Waals surface area contributed by atoms with Gasteiger partial charge >= 0.3 is 0 Å². The highest BCUT2D eigenvalue weighted by molar-refractivity contribution is 5.34. The molecule has 2 atom stereocenters. The van der Waals surface area contributed by atoms with Crippen LogP contribution in [0.15, 0.2) is 24.3 Å².